The molecule has 0 aliphatic heterocycles. The van der Waals surface area contributed by atoms with Gasteiger partial charge >= 0.3 is 5.97 Å². The molecule has 0 radical (unpaired) electrons. The lowest BCUT2D eigenvalue weighted by atomic mass is 9.79. The van der Waals surface area contributed by atoms with E-state index >= 15 is 0 Å². The van der Waals surface area contributed by atoms with Crippen molar-refractivity contribution < 1.29 is 9.53 Å². The van der Waals surface area contributed by atoms with Crippen LogP contribution in [0, 0.1) is 11.8 Å². The van der Waals surface area contributed by atoms with Crippen LogP contribution in [-0.2, 0) is 9.53 Å². The van der Waals surface area contributed by atoms with Gasteiger partial charge in [-0.25, -0.2) is 0 Å². The minimum absolute atomic E-state index is 0.257. The Labute approximate surface area is 104 Å². The largest absolute Gasteiger partial charge is 0.459 e. The summed E-state index contributed by atoms with van der Waals surface area (Å²) in [7, 11) is 0. The van der Waals surface area contributed by atoms with Gasteiger partial charge in [0.2, 0.25) is 0 Å². The lowest BCUT2D eigenvalue weighted by molar-refractivity contribution is -0.158. The van der Waals surface area contributed by atoms with Crippen LogP contribution in [0.2, 0.25) is 0 Å². The third kappa shape index (κ3) is 4.64. The summed E-state index contributed by atoms with van der Waals surface area (Å²) in [5.41, 5.74) is 11.2. The van der Waals surface area contributed by atoms with E-state index in [9.17, 15) is 4.79 Å². The molecule has 1 fully saturated rings. The molecule has 4 heteroatoms. The molecular weight excluding hydrogens is 216 g/mol. The van der Waals surface area contributed by atoms with Crippen LogP contribution in [0.3, 0.4) is 0 Å². The number of carbonyl (C=O) groups is 1. The maximum absolute atomic E-state index is 11.8. The molecule has 0 heterocycles. The molecule has 100 valence electrons. The first kappa shape index (κ1) is 14.5. The molecule has 0 aromatic carbocycles. The first-order valence-corrected chi connectivity index (χ1v) is 6.52. The van der Waals surface area contributed by atoms with Crippen LogP contribution >= 0.6 is 0 Å². The van der Waals surface area contributed by atoms with Gasteiger partial charge < -0.3 is 16.2 Å². The maximum Gasteiger partial charge on any atom is 0.323 e. The predicted molar refractivity (Wildman–Crippen MR) is 68.3 cm³/mol. The fourth-order valence-electron chi connectivity index (χ4n) is 2.35. The Balaban J connectivity index is 2.43. The number of esters is 1. The molecule has 4 N–H and O–H groups in total. The van der Waals surface area contributed by atoms with E-state index in [1.807, 2.05) is 20.8 Å². The zero-order chi connectivity index (χ0) is 13.1. The van der Waals surface area contributed by atoms with E-state index in [0.29, 0.717) is 5.92 Å². The van der Waals surface area contributed by atoms with Crippen LogP contribution in [0.15, 0.2) is 0 Å². The van der Waals surface area contributed by atoms with Gasteiger partial charge in [0.15, 0.2) is 0 Å². The summed E-state index contributed by atoms with van der Waals surface area (Å²) in [6.07, 6.45) is 4.14. The van der Waals surface area contributed by atoms with Crippen molar-refractivity contribution >= 4 is 5.97 Å². The highest BCUT2D eigenvalue weighted by molar-refractivity contribution is 5.76. The fourth-order valence-corrected chi connectivity index (χ4v) is 2.35. The van der Waals surface area contributed by atoms with Crippen LogP contribution < -0.4 is 11.5 Å². The van der Waals surface area contributed by atoms with Crippen molar-refractivity contribution in [2.45, 2.75) is 58.1 Å². The van der Waals surface area contributed by atoms with Crippen LogP contribution in [-0.4, -0.2) is 24.2 Å². The van der Waals surface area contributed by atoms with Gasteiger partial charge in [0.05, 0.1) is 0 Å². The number of rotatable bonds is 3. The smallest absolute Gasteiger partial charge is 0.323 e. The molecule has 4 nitrogen and oxygen atoms in total. The molecular formula is C13H26N2O2. The van der Waals surface area contributed by atoms with Gasteiger partial charge in [-0.2, -0.15) is 0 Å². The van der Waals surface area contributed by atoms with Gasteiger partial charge in [-0.3, -0.25) is 4.79 Å². The van der Waals surface area contributed by atoms with Gasteiger partial charge in [0, 0.05) is 0 Å². The van der Waals surface area contributed by atoms with Crippen LogP contribution in [0.5, 0.6) is 0 Å². The number of hydrogen-bond acceptors (Lipinski definition) is 4. The summed E-state index contributed by atoms with van der Waals surface area (Å²) in [6.45, 7) is 6.34. The zero-order valence-corrected chi connectivity index (χ0v) is 11.2. The molecule has 0 spiro atoms. The Hall–Kier alpha value is -0.610. The van der Waals surface area contributed by atoms with E-state index < -0.39 is 11.6 Å². The minimum atomic E-state index is -0.479. The van der Waals surface area contributed by atoms with Crippen LogP contribution in [0.4, 0.5) is 0 Å². The molecule has 1 aliphatic rings. The van der Waals surface area contributed by atoms with E-state index in [4.69, 9.17) is 16.2 Å². The average molecular weight is 242 g/mol. The van der Waals surface area contributed by atoms with Crippen molar-refractivity contribution in [1.82, 2.24) is 0 Å². The van der Waals surface area contributed by atoms with Gasteiger partial charge in [-0.1, -0.05) is 0 Å². The summed E-state index contributed by atoms with van der Waals surface area (Å²) in [5, 5.41) is 0. The zero-order valence-electron chi connectivity index (χ0n) is 11.2. The molecule has 0 aromatic rings. The van der Waals surface area contributed by atoms with E-state index in [1.165, 1.54) is 0 Å². The van der Waals surface area contributed by atoms with Crippen LogP contribution in [0.25, 0.3) is 0 Å². The van der Waals surface area contributed by atoms with Gasteiger partial charge in [0.1, 0.15) is 11.6 Å². The second kappa shape index (κ2) is 5.83. The lowest BCUT2D eigenvalue weighted by Crippen LogP contribution is -2.44. The second-order valence-corrected chi connectivity index (χ2v) is 6.08. The Morgan fingerprint density at radius 1 is 1.29 bits per heavy atom. The molecule has 17 heavy (non-hydrogen) atoms. The molecule has 1 rings (SSSR count). The van der Waals surface area contributed by atoms with E-state index in [2.05, 4.69) is 0 Å². The second-order valence-electron chi connectivity index (χ2n) is 6.08. The fraction of sp³-hybridized carbons (Fsp3) is 0.923. The summed E-state index contributed by atoms with van der Waals surface area (Å²) >= 11 is 0. The highest BCUT2D eigenvalue weighted by atomic mass is 16.6. The van der Waals surface area contributed by atoms with Crippen molar-refractivity contribution in [2.75, 3.05) is 6.54 Å². The lowest BCUT2D eigenvalue weighted by Gasteiger charge is -2.32. The van der Waals surface area contributed by atoms with E-state index in [-0.39, 0.29) is 11.9 Å². The van der Waals surface area contributed by atoms with Crippen LogP contribution in [0.1, 0.15) is 46.5 Å². The highest BCUT2D eigenvalue weighted by Gasteiger charge is 2.31. The van der Waals surface area contributed by atoms with Crippen molar-refractivity contribution in [3.63, 3.8) is 0 Å². The molecule has 1 saturated carbocycles. The SMILES string of the molecule is CC(C)(C)OC(=O)C(N)C1CCC(CN)CC1. The Morgan fingerprint density at radius 3 is 2.24 bits per heavy atom. The number of nitrogens with two attached hydrogens (primary N) is 2. The van der Waals surface area contributed by atoms with E-state index in [1.54, 1.807) is 0 Å². The Morgan fingerprint density at radius 2 is 1.82 bits per heavy atom. The summed E-state index contributed by atoms with van der Waals surface area (Å²) in [5.74, 6) is 0.596. The molecule has 1 atom stereocenters. The molecule has 1 aliphatic carbocycles. The van der Waals surface area contributed by atoms with Crippen molar-refractivity contribution in [3.05, 3.63) is 0 Å². The third-order valence-corrected chi connectivity index (χ3v) is 3.41. The maximum atomic E-state index is 11.8. The van der Waals surface area contributed by atoms with Gasteiger partial charge in [-0.05, 0) is 64.8 Å². The predicted octanol–water partition coefficient (Wildman–Crippen LogP) is 1.42. The highest BCUT2D eigenvalue weighted by Crippen LogP contribution is 2.30. The summed E-state index contributed by atoms with van der Waals surface area (Å²) in [6, 6.07) is -0.479. The topological polar surface area (TPSA) is 78.3 Å². The Kier molecular flexibility index (Phi) is 4.95. The molecule has 1 unspecified atom stereocenters. The van der Waals surface area contributed by atoms with Crippen molar-refractivity contribution in [2.24, 2.45) is 23.3 Å². The van der Waals surface area contributed by atoms with Gasteiger partial charge in [-0.15, -0.1) is 0 Å². The standard InChI is InChI=1S/C13H26N2O2/c1-13(2,3)17-12(16)11(15)10-6-4-9(8-14)5-7-10/h9-11H,4-8,14-15H2,1-3H3. The molecule has 0 amide bonds. The quantitative estimate of drug-likeness (QED) is 0.734. The first-order valence-electron chi connectivity index (χ1n) is 6.52. The Bertz CT molecular complexity index is 253. The number of hydrogen-bond donors (Lipinski definition) is 2. The average Bonchev–Trinajstić information content (AvgIpc) is 2.26. The monoisotopic (exact) mass is 242 g/mol. The molecule has 0 saturated heterocycles. The van der Waals surface area contributed by atoms with Crippen molar-refractivity contribution in [1.29, 1.82) is 0 Å². The normalized spacial score (nSPS) is 27.6. The summed E-state index contributed by atoms with van der Waals surface area (Å²) in [4.78, 5) is 11.8. The number of ether oxygens (including phenoxy) is 1. The summed E-state index contributed by atoms with van der Waals surface area (Å²) < 4.78 is 5.32. The number of carbonyl (C=O) groups excluding carboxylic acids is 1. The van der Waals surface area contributed by atoms with E-state index in [0.717, 1.165) is 32.2 Å². The van der Waals surface area contributed by atoms with Gasteiger partial charge in [0.25, 0.3) is 0 Å². The van der Waals surface area contributed by atoms with Crippen molar-refractivity contribution in [3.8, 4) is 0 Å². The molecule has 0 aromatic heterocycles. The third-order valence-electron chi connectivity index (χ3n) is 3.41. The minimum Gasteiger partial charge on any atom is -0.459 e. The molecule has 0 bridgehead atoms. The first-order chi connectivity index (χ1) is 7.83.